The van der Waals surface area contributed by atoms with Gasteiger partial charge in [0.05, 0.1) is 4.92 Å². The van der Waals surface area contributed by atoms with Crippen LogP contribution in [0.15, 0.2) is 54.9 Å². The number of hydrogen-bond acceptors (Lipinski definition) is 2. The van der Waals surface area contributed by atoms with Crippen LogP contribution >= 0.6 is 0 Å². The molecule has 0 bridgehead atoms. The Kier molecular flexibility index (Phi) is 5.01. The molecule has 0 fully saturated rings. The van der Waals surface area contributed by atoms with Crippen molar-refractivity contribution in [2.24, 2.45) is 0 Å². The van der Waals surface area contributed by atoms with Gasteiger partial charge in [-0.25, -0.2) is 4.57 Å². The molecule has 4 nitrogen and oxygen atoms in total. The van der Waals surface area contributed by atoms with E-state index in [0.29, 0.717) is 0 Å². The molecule has 0 radical (unpaired) electrons. The van der Waals surface area contributed by atoms with Gasteiger partial charge >= 0.3 is 36.4 Å². The van der Waals surface area contributed by atoms with Crippen LogP contribution in [0.4, 0.5) is 22.6 Å². The number of benzene rings is 1. The molecule has 128 valence electrons. The van der Waals surface area contributed by atoms with Crippen LogP contribution in [-0.4, -0.2) is 24.4 Å². The zero-order valence-electron chi connectivity index (χ0n) is 11.3. The molecule has 2 rings (SSSR count). The Labute approximate surface area is 129 Å². The third-order valence-corrected chi connectivity index (χ3v) is 2.29. The third kappa shape index (κ3) is 11.4. The van der Waals surface area contributed by atoms with Crippen molar-refractivity contribution >= 4 is 25.2 Å². The average molecular weight is 451 g/mol. The van der Waals surface area contributed by atoms with Crippen LogP contribution in [-0.2, 0) is 6.54 Å². The predicted molar refractivity (Wildman–Crippen MR) is 71.2 cm³/mol. The molecule has 0 aliphatic rings. The second-order valence-corrected chi connectivity index (χ2v) is 9.90. The molecule has 0 atom stereocenters. The second-order valence-electron chi connectivity index (χ2n) is 4.43. The summed E-state index contributed by atoms with van der Waals surface area (Å²) in [5, 5.41) is 10.5. The molecule has 0 saturated heterocycles. The molecular weight excluding hydrogens is 440 g/mol. The van der Waals surface area contributed by atoms with E-state index < -0.39 is 19.5 Å². The van der Waals surface area contributed by atoms with Crippen molar-refractivity contribution in [3.63, 3.8) is 0 Å². The number of halogens is 6. The third-order valence-electron chi connectivity index (χ3n) is 2.29. The van der Waals surface area contributed by atoms with Crippen LogP contribution in [0.1, 0.15) is 5.56 Å². The second kappa shape index (κ2) is 5.99. The van der Waals surface area contributed by atoms with Gasteiger partial charge in [-0.3, -0.25) is 10.1 Å². The van der Waals surface area contributed by atoms with Crippen molar-refractivity contribution in [1.82, 2.24) is 0 Å². The van der Waals surface area contributed by atoms with Crippen molar-refractivity contribution in [3.8, 4) is 0 Å². The summed E-state index contributed by atoms with van der Waals surface area (Å²) in [7, 11) is 0. The van der Waals surface area contributed by atoms with Crippen molar-refractivity contribution in [2.45, 2.75) is 6.54 Å². The van der Waals surface area contributed by atoms with Gasteiger partial charge in [-0.15, -0.1) is 0 Å². The first-order valence-corrected chi connectivity index (χ1v) is 11.7. The Morgan fingerprint density at radius 2 is 1.35 bits per heavy atom. The molecule has 0 N–H and O–H groups in total. The summed E-state index contributed by atoms with van der Waals surface area (Å²) < 4.78 is 61.6. The first-order chi connectivity index (χ1) is 10.2. The molecule has 1 aromatic heterocycles. The standard InChI is InChI=1S/C12H11N2O2.6FH.Sb/c15-14(16)12-6-4-11(5-7-12)10-13-8-2-1-3-9-13;;;;;;;/h1-9H,10H2;6*1H;/q+1;;;;;;;+5/p-6. The first kappa shape index (κ1) is 19.2. The fourth-order valence-corrected chi connectivity index (χ4v) is 1.47. The van der Waals surface area contributed by atoms with Crippen LogP contribution < -0.4 is 4.57 Å². The van der Waals surface area contributed by atoms with Crippen LogP contribution in [0.2, 0.25) is 0 Å². The number of non-ortho nitro benzene ring substituents is 1. The quantitative estimate of drug-likeness (QED) is 0.233. The van der Waals surface area contributed by atoms with Gasteiger partial charge in [0.2, 0.25) is 0 Å². The summed E-state index contributed by atoms with van der Waals surface area (Å²) in [5.74, 6) is 0. The monoisotopic (exact) mass is 450 g/mol. The van der Waals surface area contributed by atoms with E-state index in [9.17, 15) is 27.0 Å². The van der Waals surface area contributed by atoms with E-state index in [4.69, 9.17) is 0 Å². The molecule has 23 heavy (non-hydrogen) atoms. The molecular formula is C12H11F6N2O2Sb. The molecule has 0 aliphatic carbocycles. The van der Waals surface area contributed by atoms with E-state index in [1.807, 2.05) is 35.2 Å². The summed E-state index contributed by atoms with van der Waals surface area (Å²) in [6.07, 6.45) is 3.92. The summed E-state index contributed by atoms with van der Waals surface area (Å²) in [6, 6.07) is 12.5. The fourth-order valence-electron chi connectivity index (χ4n) is 1.47. The number of hydrogen-bond donors (Lipinski definition) is 0. The molecule has 1 aromatic carbocycles. The van der Waals surface area contributed by atoms with Crippen molar-refractivity contribution < 1.29 is 26.4 Å². The predicted octanol–water partition coefficient (Wildman–Crippen LogP) is 4.07. The molecule has 0 aliphatic heterocycles. The zero-order chi connectivity index (χ0) is 17.8. The van der Waals surface area contributed by atoms with E-state index in [-0.39, 0.29) is 10.6 Å². The summed E-state index contributed by atoms with van der Waals surface area (Å²) in [4.78, 5) is 10.1. The van der Waals surface area contributed by atoms with Gasteiger partial charge in [-0.1, -0.05) is 6.07 Å². The van der Waals surface area contributed by atoms with Gasteiger partial charge in [-0.05, 0) is 12.1 Å². The molecule has 0 amide bonds. The number of pyridine rings is 1. The molecule has 0 saturated carbocycles. The van der Waals surface area contributed by atoms with Gasteiger partial charge < -0.3 is 0 Å². The Balaban J connectivity index is 0.000000322. The molecule has 0 spiro atoms. The number of rotatable bonds is 3. The topological polar surface area (TPSA) is 47.0 Å². The minimum atomic E-state index is -11.2. The Hall–Kier alpha value is -1.83. The van der Waals surface area contributed by atoms with E-state index >= 15 is 0 Å². The Morgan fingerprint density at radius 3 is 1.74 bits per heavy atom. The van der Waals surface area contributed by atoms with E-state index in [0.717, 1.165) is 12.1 Å². The van der Waals surface area contributed by atoms with E-state index in [2.05, 4.69) is 0 Å². The van der Waals surface area contributed by atoms with Gasteiger partial charge in [0.15, 0.2) is 18.9 Å². The molecule has 2 aromatic rings. The average Bonchev–Trinajstić information content (AvgIpc) is 2.37. The van der Waals surface area contributed by atoms with Crippen molar-refractivity contribution in [1.29, 1.82) is 0 Å². The van der Waals surface area contributed by atoms with Crippen molar-refractivity contribution in [2.75, 3.05) is 0 Å². The number of nitro groups is 1. The number of aromatic nitrogens is 1. The molecule has 11 heteroatoms. The van der Waals surface area contributed by atoms with E-state index in [1.54, 1.807) is 12.1 Å². The maximum atomic E-state index is 10.5. The van der Waals surface area contributed by atoms with Gasteiger partial charge in [0.1, 0.15) is 0 Å². The molecule has 0 unspecified atom stereocenters. The van der Waals surface area contributed by atoms with Gasteiger partial charge in [0, 0.05) is 29.8 Å². The summed E-state index contributed by atoms with van der Waals surface area (Å²) in [5.41, 5.74) is 1.17. The Bertz CT molecular complexity index is 663. The number of nitro benzene ring substituents is 1. The van der Waals surface area contributed by atoms with Crippen LogP contribution in [0.5, 0.6) is 0 Å². The zero-order valence-corrected chi connectivity index (χ0v) is 13.9. The van der Waals surface area contributed by atoms with Gasteiger partial charge in [0.25, 0.3) is 5.69 Å². The van der Waals surface area contributed by atoms with Crippen LogP contribution in [0.3, 0.4) is 0 Å². The summed E-state index contributed by atoms with van der Waals surface area (Å²) in [6.45, 7) is 0.721. The van der Waals surface area contributed by atoms with Crippen LogP contribution in [0.25, 0.3) is 0 Å². The van der Waals surface area contributed by atoms with Crippen LogP contribution in [0, 0.1) is 10.1 Å². The summed E-state index contributed by atoms with van der Waals surface area (Å²) >= 11 is -11.2. The van der Waals surface area contributed by atoms with Crippen molar-refractivity contribution in [3.05, 3.63) is 70.5 Å². The normalized spacial score (nSPS) is 14.0. The Morgan fingerprint density at radius 1 is 0.913 bits per heavy atom. The van der Waals surface area contributed by atoms with Gasteiger partial charge in [-0.2, -0.15) is 0 Å². The molecule has 1 heterocycles. The number of nitrogens with zero attached hydrogens (tertiary/aromatic N) is 2. The maximum absolute atomic E-state index is 11.2. The van der Waals surface area contributed by atoms with E-state index in [1.165, 1.54) is 12.1 Å². The first-order valence-electron chi connectivity index (χ1n) is 5.94. The fraction of sp³-hybridized carbons (Fsp3) is 0.0833. The SMILES string of the molecule is O=[N+]([O-])c1ccc(C[n+]2ccccc2)cc1.[F][Sb-]([F])([F])([F])([F])[F]. The minimum absolute atomic E-state index is 0.127.